The minimum atomic E-state index is -4.40. The molecule has 0 saturated carbocycles. The SMILES string of the molecule is COC(=O)CC(=O)/C(Br)=C/c1ccc(C(F)(F)F)cc1. The maximum atomic E-state index is 12.4. The van der Waals surface area contributed by atoms with Crippen LogP contribution in [-0.2, 0) is 20.5 Å². The average molecular weight is 351 g/mol. The van der Waals surface area contributed by atoms with Crippen LogP contribution in [0.3, 0.4) is 0 Å². The first-order chi connectivity index (χ1) is 9.24. The van der Waals surface area contributed by atoms with Crippen LogP contribution >= 0.6 is 15.9 Å². The summed E-state index contributed by atoms with van der Waals surface area (Å²) in [6, 6.07) is 4.29. The lowest BCUT2D eigenvalue weighted by Gasteiger charge is -2.06. The van der Waals surface area contributed by atoms with Crippen molar-refractivity contribution in [2.75, 3.05) is 7.11 Å². The Kier molecular flexibility index (Phi) is 5.50. The van der Waals surface area contributed by atoms with Crippen molar-refractivity contribution in [3.63, 3.8) is 0 Å². The van der Waals surface area contributed by atoms with Crippen LogP contribution in [-0.4, -0.2) is 18.9 Å². The number of carbonyl (C=O) groups is 2. The monoisotopic (exact) mass is 350 g/mol. The molecule has 0 aliphatic heterocycles. The fourth-order valence-electron chi connectivity index (χ4n) is 1.28. The number of carbonyl (C=O) groups excluding carboxylic acids is 2. The van der Waals surface area contributed by atoms with E-state index >= 15 is 0 Å². The minimum Gasteiger partial charge on any atom is -0.469 e. The summed E-state index contributed by atoms with van der Waals surface area (Å²) in [4.78, 5) is 22.5. The summed E-state index contributed by atoms with van der Waals surface area (Å²) in [6.45, 7) is 0. The average Bonchev–Trinajstić information content (AvgIpc) is 2.38. The molecule has 0 aromatic heterocycles. The summed E-state index contributed by atoms with van der Waals surface area (Å²) in [5, 5.41) is 0. The highest BCUT2D eigenvalue weighted by Crippen LogP contribution is 2.29. The first-order valence-corrected chi connectivity index (χ1v) is 6.18. The van der Waals surface area contributed by atoms with Crippen molar-refractivity contribution in [3.8, 4) is 0 Å². The Morgan fingerprint density at radius 3 is 2.25 bits per heavy atom. The van der Waals surface area contributed by atoms with E-state index in [1.54, 1.807) is 0 Å². The van der Waals surface area contributed by atoms with Gasteiger partial charge in [-0.2, -0.15) is 13.2 Å². The van der Waals surface area contributed by atoms with Crippen molar-refractivity contribution >= 4 is 33.8 Å². The van der Waals surface area contributed by atoms with Gasteiger partial charge in [-0.1, -0.05) is 12.1 Å². The maximum absolute atomic E-state index is 12.4. The molecule has 108 valence electrons. The lowest BCUT2D eigenvalue weighted by molar-refractivity contribution is -0.142. The minimum absolute atomic E-state index is 0.0858. The summed E-state index contributed by atoms with van der Waals surface area (Å²) in [7, 11) is 1.16. The lowest BCUT2D eigenvalue weighted by atomic mass is 10.1. The van der Waals surface area contributed by atoms with Gasteiger partial charge in [0.05, 0.1) is 17.2 Å². The highest BCUT2D eigenvalue weighted by molar-refractivity contribution is 9.12. The molecular formula is C13H10BrF3O3. The van der Waals surface area contributed by atoms with Crippen LogP contribution in [0.5, 0.6) is 0 Å². The largest absolute Gasteiger partial charge is 0.469 e. The van der Waals surface area contributed by atoms with Gasteiger partial charge >= 0.3 is 12.1 Å². The fraction of sp³-hybridized carbons (Fsp3) is 0.231. The molecule has 0 heterocycles. The molecule has 0 bridgehead atoms. The summed E-state index contributed by atoms with van der Waals surface area (Å²) in [6.07, 6.45) is -3.50. The lowest BCUT2D eigenvalue weighted by Crippen LogP contribution is -2.08. The zero-order chi connectivity index (χ0) is 15.3. The van der Waals surface area contributed by atoms with Gasteiger partial charge in [-0.15, -0.1) is 0 Å². The molecule has 1 aromatic rings. The number of alkyl halides is 3. The van der Waals surface area contributed by atoms with E-state index in [0.29, 0.717) is 5.56 Å². The summed E-state index contributed by atoms with van der Waals surface area (Å²) < 4.78 is 41.5. The molecule has 0 aliphatic carbocycles. The van der Waals surface area contributed by atoms with Gasteiger partial charge in [-0.05, 0) is 39.7 Å². The zero-order valence-electron chi connectivity index (χ0n) is 10.3. The molecule has 0 saturated heterocycles. The quantitative estimate of drug-likeness (QED) is 0.473. The molecule has 0 atom stereocenters. The van der Waals surface area contributed by atoms with Crippen molar-refractivity contribution in [1.29, 1.82) is 0 Å². The number of hydrogen-bond donors (Lipinski definition) is 0. The molecule has 0 aliphatic rings. The van der Waals surface area contributed by atoms with E-state index < -0.39 is 29.9 Å². The van der Waals surface area contributed by atoms with Gasteiger partial charge in [-0.25, -0.2) is 0 Å². The second kappa shape index (κ2) is 6.69. The molecule has 0 N–H and O–H groups in total. The molecule has 20 heavy (non-hydrogen) atoms. The smallest absolute Gasteiger partial charge is 0.416 e. The molecule has 0 spiro atoms. The highest BCUT2D eigenvalue weighted by atomic mass is 79.9. The normalized spacial score (nSPS) is 12.2. The van der Waals surface area contributed by atoms with Gasteiger partial charge < -0.3 is 4.74 Å². The molecule has 0 radical (unpaired) electrons. The molecule has 1 rings (SSSR count). The molecule has 3 nitrogen and oxygen atoms in total. The Morgan fingerprint density at radius 1 is 1.25 bits per heavy atom. The van der Waals surface area contributed by atoms with E-state index in [4.69, 9.17) is 0 Å². The van der Waals surface area contributed by atoms with Crippen molar-refractivity contribution < 1.29 is 27.5 Å². The van der Waals surface area contributed by atoms with Crippen molar-refractivity contribution in [2.24, 2.45) is 0 Å². The Bertz CT molecular complexity index is 533. The summed E-state index contributed by atoms with van der Waals surface area (Å²) in [5.74, 6) is -1.20. The van der Waals surface area contributed by atoms with Gasteiger partial charge in [0, 0.05) is 0 Å². The van der Waals surface area contributed by atoms with Gasteiger partial charge in [0.15, 0.2) is 5.78 Å². The standard InChI is InChI=1S/C13H10BrF3O3/c1-20-12(19)7-11(18)10(14)6-8-2-4-9(5-3-8)13(15,16)17/h2-6H,7H2,1H3/b10-6-. The number of methoxy groups -OCH3 is 1. The van der Waals surface area contributed by atoms with Crippen LogP contribution in [0.2, 0.25) is 0 Å². The second-order valence-electron chi connectivity index (χ2n) is 3.79. The Hall–Kier alpha value is -1.63. The number of ketones is 1. The molecule has 0 fully saturated rings. The van der Waals surface area contributed by atoms with Gasteiger partial charge in [0.25, 0.3) is 0 Å². The predicted octanol–water partition coefficient (Wildman–Crippen LogP) is 3.57. The Labute approximate surface area is 121 Å². The van der Waals surface area contributed by atoms with E-state index in [2.05, 4.69) is 20.7 Å². The number of benzene rings is 1. The van der Waals surface area contributed by atoms with Crippen LogP contribution in [0, 0.1) is 0 Å². The van der Waals surface area contributed by atoms with Gasteiger partial charge in [-0.3, -0.25) is 9.59 Å². The zero-order valence-corrected chi connectivity index (χ0v) is 11.9. The Balaban J connectivity index is 2.83. The highest BCUT2D eigenvalue weighted by Gasteiger charge is 2.29. The Morgan fingerprint density at radius 2 is 1.80 bits per heavy atom. The van der Waals surface area contributed by atoms with E-state index in [-0.39, 0.29) is 4.48 Å². The number of Topliss-reactive ketones (excluding diaryl/α,β-unsaturated/α-hetero) is 1. The van der Waals surface area contributed by atoms with Crippen LogP contribution < -0.4 is 0 Å². The summed E-state index contributed by atoms with van der Waals surface area (Å²) in [5.41, 5.74) is -0.366. The van der Waals surface area contributed by atoms with Crippen LogP contribution in [0.4, 0.5) is 13.2 Å². The van der Waals surface area contributed by atoms with E-state index in [0.717, 1.165) is 19.2 Å². The number of esters is 1. The van der Waals surface area contributed by atoms with Crippen LogP contribution in [0.25, 0.3) is 6.08 Å². The topological polar surface area (TPSA) is 43.4 Å². The summed E-state index contributed by atoms with van der Waals surface area (Å²) >= 11 is 2.98. The number of hydrogen-bond acceptors (Lipinski definition) is 3. The molecule has 0 amide bonds. The van der Waals surface area contributed by atoms with Crippen molar-refractivity contribution in [3.05, 3.63) is 39.9 Å². The second-order valence-corrected chi connectivity index (χ2v) is 4.64. The molecule has 0 unspecified atom stereocenters. The molecule has 1 aromatic carbocycles. The first kappa shape index (κ1) is 16.4. The van der Waals surface area contributed by atoms with Crippen LogP contribution in [0.1, 0.15) is 17.5 Å². The van der Waals surface area contributed by atoms with Gasteiger partial charge in [0.2, 0.25) is 0 Å². The third-order valence-corrected chi connectivity index (χ3v) is 3.00. The molecule has 7 heteroatoms. The van der Waals surface area contributed by atoms with Crippen molar-refractivity contribution in [2.45, 2.75) is 12.6 Å². The molecular weight excluding hydrogens is 341 g/mol. The van der Waals surface area contributed by atoms with Crippen molar-refractivity contribution in [1.82, 2.24) is 0 Å². The number of rotatable bonds is 4. The third-order valence-electron chi connectivity index (χ3n) is 2.33. The predicted molar refractivity (Wildman–Crippen MR) is 70.0 cm³/mol. The number of ether oxygens (including phenoxy) is 1. The van der Waals surface area contributed by atoms with E-state index in [9.17, 15) is 22.8 Å². The van der Waals surface area contributed by atoms with E-state index in [1.807, 2.05) is 0 Å². The third kappa shape index (κ3) is 4.80. The first-order valence-electron chi connectivity index (χ1n) is 5.38. The van der Waals surface area contributed by atoms with E-state index in [1.165, 1.54) is 18.2 Å². The number of halogens is 4. The number of allylic oxidation sites excluding steroid dienone is 1. The fourth-order valence-corrected chi connectivity index (χ4v) is 1.69. The maximum Gasteiger partial charge on any atom is 0.416 e. The van der Waals surface area contributed by atoms with Gasteiger partial charge in [0.1, 0.15) is 6.42 Å². The van der Waals surface area contributed by atoms with Crippen LogP contribution in [0.15, 0.2) is 28.7 Å².